The van der Waals surface area contributed by atoms with Crippen molar-refractivity contribution in [1.82, 2.24) is 19.9 Å². The first-order valence-corrected chi connectivity index (χ1v) is 13.3. The van der Waals surface area contributed by atoms with Gasteiger partial charge in [-0.3, -0.25) is 0 Å². The average Bonchev–Trinajstić information content (AvgIpc) is 3.51. The van der Waals surface area contributed by atoms with E-state index in [4.69, 9.17) is 19.9 Å². The summed E-state index contributed by atoms with van der Waals surface area (Å²) < 4.78 is 0. The van der Waals surface area contributed by atoms with Crippen LogP contribution in [-0.4, -0.2) is 9.97 Å². The number of allylic oxidation sites excluding steroid dienone is 4. The molecule has 0 aromatic carbocycles. The molecule has 0 radical (unpaired) electrons. The van der Waals surface area contributed by atoms with Gasteiger partial charge in [-0.05, 0) is 75.7 Å². The molecule has 0 spiro atoms. The minimum atomic E-state index is 0. The van der Waals surface area contributed by atoms with Crippen LogP contribution in [0.2, 0.25) is 0 Å². The zero-order valence-corrected chi connectivity index (χ0v) is 24.2. The Bertz CT molecular complexity index is 1490. The SMILES string of the molecule is CCC1=C(C)c2cc3[n-]c(cc4nc(cc5[n-]c(cc1n2)c(CC)c5C)C(C)=C4CC)c(CC)c3C.[Ni+2]. The molecule has 194 valence electrons. The van der Waals surface area contributed by atoms with E-state index in [1.807, 2.05) is 0 Å². The Balaban J connectivity index is 0.00000320. The van der Waals surface area contributed by atoms with Crippen LogP contribution in [0, 0.1) is 13.8 Å². The molecule has 5 heterocycles. The Labute approximate surface area is 230 Å². The molecule has 0 aliphatic carbocycles. The molecule has 37 heavy (non-hydrogen) atoms. The van der Waals surface area contributed by atoms with E-state index in [0.717, 1.165) is 70.5 Å². The van der Waals surface area contributed by atoms with Gasteiger partial charge in [-0.2, -0.15) is 0 Å². The van der Waals surface area contributed by atoms with E-state index in [9.17, 15) is 0 Å². The molecular formula is C32H36N4Ni. The van der Waals surface area contributed by atoms with Gasteiger partial charge in [0, 0.05) is 0 Å². The minimum Gasteiger partial charge on any atom is -0.657 e. The molecular weight excluding hydrogens is 499 g/mol. The fourth-order valence-electron chi connectivity index (χ4n) is 5.85. The van der Waals surface area contributed by atoms with Gasteiger partial charge < -0.3 is 9.97 Å². The number of aromatic nitrogens is 4. The fraction of sp³-hybridized carbons (Fsp3) is 0.375. The molecule has 0 N–H and O–H groups in total. The summed E-state index contributed by atoms with van der Waals surface area (Å²) in [5.74, 6) is 0. The average molecular weight is 535 g/mol. The van der Waals surface area contributed by atoms with Gasteiger partial charge in [0.25, 0.3) is 0 Å². The van der Waals surface area contributed by atoms with Crippen LogP contribution in [0.1, 0.15) is 99.4 Å². The molecule has 0 amide bonds. The predicted molar refractivity (Wildman–Crippen MR) is 153 cm³/mol. The van der Waals surface area contributed by atoms with E-state index >= 15 is 0 Å². The summed E-state index contributed by atoms with van der Waals surface area (Å²) in [4.78, 5) is 20.4. The monoisotopic (exact) mass is 534 g/mol. The number of hydrogen-bond acceptors (Lipinski definition) is 2. The molecule has 5 rings (SSSR count). The molecule has 3 aromatic rings. The van der Waals surface area contributed by atoms with Crippen molar-refractivity contribution in [2.75, 3.05) is 0 Å². The van der Waals surface area contributed by atoms with Crippen LogP contribution >= 0.6 is 0 Å². The minimum absolute atomic E-state index is 0. The second kappa shape index (κ2) is 10.5. The second-order valence-electron chi connectivity index (χ2n) is 9.93. The number of aryl methyl sites for hydroxylation is 4. The Morgan fingerprint density at radius 2 is 0.865 bits per heavy atom. The smallest absolute Gasteiger partial charge is 0.657 e. The summed E-state index contributed by atoms with van der Waals surface area (Å²) in [6, 6.07) is 8.72. The molecule has 8 bridgehead atoms. The van der Waals surface area contributed by atoms with Crippen LogP contribution in [0.25, 0.3) is 44.4 Å². The van der Waals surface area contributed by atoms with Gasteiger partial charge in [-0.1, -0.05) is 74.2 Å². The first kappa shape index (κ1) is 27.1. The predicted octanol–water partition coefficient (Wildman–Crippen LogP) is 7.99. The maximum Gasteiger partial charge on any atom is 2.00 e. The topological polar surface area (TPSA) is 54.0 Å². The molecule has 0 saturated carbocycles. The number of rotatable bonds is 4. The largest absolute Gasteiger partial charge is 2.00 e. The zero-order chi connectivity index (χ0) is 25.7. The van der Waals surface area contributed by atoms with Gasteiger partial charge in [0.15, 0.2) is 0 Å². The molecule has 0 atom stereocenters. The molecule has 0 saturated heterocycles. The Kier molecular flexibility index (Phi) is 7.67. The Hall–Kier alpha value is -2.91. The van der Waals surface area contributed by atoms with Crippen molar-refractivity contribution >= 4 is 44.4 Å². The summed E-state index contributed by atoms with van der Waals surface area (Å²) >= 11 is 0. The van der Waals surface area contributed by atoms with Gasteiger partial charge in [0.05, 0.1) is 22.8 Å². The van der Waals surface area contributed by atoms with E-state index in [2.05, 4.69) is 79.7 Å². The van der Waals surface area contributed by atoms with Gasteiger partial charge in [0.2, 0.25) is 0 Å². The summed E-state index contributed by atoms with van der Waals surface area (Å²) in [6.07, 6.45) is 3.74. The third-order valence-electron chi connectivity index (χ3n) is 8.06. The van der Waals surface area contributed by atoms with Gasteiger partial charge in [-0.15, -0.1) is 22.1 Å². The van der Waals surface area contributed by atoms with E-state index < -0.39 is 0 Å². The van der Waals surface area contributed by atoms with E-state index in [-0.39, 0.29) is 16.5 Å². The summed E-state index contributed by atoms with van der Waals surface area (Å²) in [7, 11) is 0. The maximum absolute atomic E-state index is 5.11. The molecule has 5 heteroatoms. The van der Waals surface area contributed by atoms with E-state index in [1.165, 1.54) is 44.5 Å². The maximum atomic E-state index is 5.11. The van der Waals surface area contributed by atoms with Crippen LogP contribution in [0.4, 0.5) is 0 Å². The van der Waals surface area contributed by atoms with Crippen LogP contribution in [-0.2, 0) is 29.3 Å². The van der Waals surface area contributed by atoms with Crippen LogP contribution < -0.4 is 9.97 Å². The van der Waals surface area contributed by atoms with Crippen molar-refractivity contribution in [2.45, 2.75) is 81.1 Å². The normalized spacial score (nSPS) is 13.4. The zero-order valence-electron chi connectivity index (χ0n) is 23.2. The van der Waals surface area contributed by atoms with Crippen molar-refractivity contribution < 1.29 is 16.5 Å². The number of fused-ring (bicyclic) bond motifs is 8. The second-order valence-corrected chi connectivity index (χ2v) is 9.93. The summed E-state index contributed by atoms with van der Waals surface area (Å²) in [6.45, 7) is 17.6. The van der Waals surface area contributed by atoms with Crippen LogP contribution in [0.3, 0.4) is 0 Å². The van der Waals surface area contributed by atoms with Crippen molar-refractivity contribution in [1.29, 1.82) is 0 Å². The number of hydrogen-bond donors (Lipinski definition) is 0. The van der Waals surface area contributed by atoms with Crippen molar-refractivity contribution in [3.05, 3.63) is 69.3 Å². The Morgan fingerprint density at radius 1 is 0.514 bits per heavy atom. The Morgan fingerprint density at radius 3 is 1.19 bits per heavy atom. The first-order valence-electron chi connectivity index (χ1n) is 13.3. The van der Waals surface area contributed by atoms with Gasteiger partial charge in [0.1, 0.15) is 0 Å². The van der Waals surface area contributed by atoms with Crippen molar-refractivity contribution in [2.24, 2.45) is 0 Å². The summed E-state index contributed by atoms with van der Waals surface area (Å²) in [5, 5.41) is 0. The molecule has 4 nitrogen and oxygen atoms in total. The number of nitrogens with zero attached hydrogens (tertiary/aromatic N) is 4. The van der Waals surface area contributed by atoms with E-state index in [1.54, 1.807) is 0 Å². The molecule has 0 unspecified atom stereocenters. The fourth-order valence-corrected chi connectivity index (χ4v) is 5.85. The summed E-state index contributed by atoms with van der Waals surface area (Å²) in [5.41, 5.74) is 18.2. The van der Waals surface area contributed by atoms with Crippen molar-refractivity contribution in [3.63, 3.8) is 0 Å². The molecule has 2 aliphatic heterocycles. The van der Waals surface area contributed by atoms with Crippen LogP contribution in [0.15, 0.2) is 24.3 Å². The third-order valence-corrected chi connectivity index (χ3v) is 8.06. The quantitative estimate of drug-likeness (QED) is 0.318. The molecule has 3 aromatic heterocycles. The molecule has 2 aliphatic rings. The first-order chi connectivity index (χ1) is 17.3. The van der Waals surface area contributed by atoms with Crippen molar-refractivity contribution in [3.8, 4) is 0 Å². The van der Waals surface area contributed by atoms with Crippen LogP contribution in [0.5, 0.6) is 0 Å². The van der Waals surface area contributed by atoms with Gasteiger partial charge in [-0.25, -0.2) is 9.97 Å². The molecule has 0 fully saturated rings. The van der Waals surface area contributed by atoms with Gasteiger partial charge >= 0.3 is 16.5 Å². The van der Waals surface area contributed by atoms with E-state index in [0.29, 0.717) is 0 Å². The standard InChI is InChI=1S/C32H36N4.Ni/c1-9-21-17(5)25-13-26-19(7)23(11-3)31(35-26)16-32-24(12-4)20(8)28(36-32)14-27-18(6)22(10-2)30(34-27)15-29(21)33-25;/h13-16H,9-12H2,1-8H3;/q-2;+2. The third kappa shape index (κ3) is 4.42.